The normalized spacial score (nSPS) is 15.8. The minimum Gasteiger partial charge on any atom is -0.497 e. The zero-order chi connectivity index (χ0) is 19.6. The highest BCUT2D eigenvalue weighted by atomic mass is 19.4. The van der Waals surface area contributed by atoms with E-state index in [9.17, 15) is 18.0 Å². The van der Waals surface area contributed by atoms with Gasteiger partial charge in [-0.05, 0) is 17.7 Å². The van der Waals surface area contributed by atoms with Gasteiger partial charge in [0.15, 0.2) is 5.69 Å². The summed E-state index contributed by atoms with van der Waals surface area (Å²) < 4.78 is 44.6. The SMILES string of the molecule is COc1cccc(CN2CCN(C(=O)c3cc(C(F)(F)F)n(C)n3)CC2)c1. The molecular formula is C18H21F3N4O2. The first-order valence-corrected chi connectivity index (χ1v) is 8.53. The minimum atomic E-state index is -4.53. The third-order valence-corrected chi connectivity index (χ3v) is 4.59. The molecule has 1 fully saturated rings. The van der Waals surface area contributed by atoms with Crippen LogP contribution < -0.4 is 4.74 Å². The molecule has 146 valence electrons. The van der Waals surface area contributed by atoms with E-state index in [1.807, 2.05) is 24.3 Å². The number of halogens is 3. The number of carbonyl (C=O) groups is 1. The van der Waals surface area contributed by atoms with Crippen molar-refractivity contribution in [2.24, 2.45) is 7.05 Å². The lowest BCUT2D eigenvalue weighted by molar-refractivity contribution is -0.143. The molecule has 0 N–H and O–H groups in total. The molecular weight excluding hydrogens is 361 g/mol. The molecule has 1 aliphatic heterocycles. The van der Waals surface area contributed by atoms with Gasteiger partial charge in [0, 0.05) is 45.8 Å². The highest BCUT2D eigenvalue weighted by molar-refractivity contribution is 5.92. The Bertz CT molecular complexity index is 811. The van der Waals surface area contributed by atoms with Crippen LogP contribution in [-0.2, 0) is 19.8 Å². The summed E-state index contributed by atoms with van der Waals surface area (Å²) in [5.74, 6) is 0.319. The summed E-state index contributed by atoms with van der Waals surface area (Å²) in [7, 11) is 2.80. The quantitative estimate of drug-likeness (QED) is 0.815. The van der Waals surface area contributed by atoms with Gasteiger partial charge in [0.1, 0.15) is 11.4 Å². The van der Waals surface area contributed by atoms with Crippen LogP contribution in [0, 0.1) is 0 Å². The number of hydrogen-bond acceptors (Lipinski definition) is 4. The van der Waals surface area contributed by atoms with E-state index in [1.165, 1.54) is 7.05 Å². The molecule has 2 aromatic rings. The van der Waals surface area contributed by atoms with Gasteiger partial charge < -0.3 is 9.64 Å². The van der Waals surface area contributed by atoms with Gasteiger partial charge in [0.2, 0.25) is 0 Å². The Labute approximate surface area is 155 Å². The molecule has 27 heavy (non-hydrogen) atoms. The fourth-order valence-electron chi connectivity index (χ4n) is 3.14. The number of amides is 1. The summed E-state index contributed by atoms with van der Waals surface area (Å²) in [6.07, 6.45) is -4.53. The summed E-state index contributed by atoms with van der Waals surface area (Å²) in [5.41, 5.74) is 0.00209. The van der Waals surface area contributed by atoms with Gasteiger partial charge in [-0.3, -0.25) is 14.4 Å². The Morgan fingerprint density at radius 3 is 2.48 bits per heavy atom. The van der Waals surface area contributed by atoms with E-state index in [4.69, 9.17) is 4.74 Å². The monoisotopic (exact) mass is 382 g/mol. The molecule has 0 aliphatic carbocycles. The van der Waals surface area contributed by atoms with Crippen LogP contribution in [0.15, 0.2) is 30.3 Å². The molecule has 0 atom stereocenters. The number of rotatable bonds is 4. The highest BCUT2D eigenvalue weighted by Gasteiger charge is 2.36. The lowest BCUT2D eigenvalue weighted by Gasteiger charge is -2.34. The van der Waals surface area contributed by atoms with Crippen molar-refractivity contribution in [3.8, 4) is 5.75 Å². The molecule has 6 nitrogen and oxygen atoms in total. The predicted octanol–water partition coefficient (Wildman–Crippen LogP) is 2.41. The Balaban J connectivity index is 1.59. The van der Waals surface area contributed by atoms with E-state index < -0.39 is 17.8 Å². The van der Waals surface area contributed by atoms with Crippen LogP contribution >= 0.6 is 0 Å². The Morgan fingerprint density at radius 1 is 1.19 bits per heavy atom. The molecule has 0 spiro atoms. The van der Waals surface area contributed by atoms with Crippen LogP contribution in [0.25, 0.3) is 0 Å². The van der Waals surface area contributed by atoms with E-state index >= 15 is 0 Å². The van der Waals surface area contributed by atoms with Gasteiger partial charge in [-0.2, -0.15) is 18.3 Å². The number of methoxy groups -OCH3 is 1. The molecule has 1 aliphatic rings. The van der Waals surface area contributed by atoms with Gasteiger partial charge in [-0.15, -0.1) is 0 Å². The Kier molecular flexibility index (Phi) is 5.41. The fraction of sp³-hybridized carbons (Fsp3) is 0.444. The Morgan fingerprint density at radius 2 is 1.89 bits per heavy atom. The van der Waals surface area contributed by atoms with Crippen molar-refractivity contribution < 1.29 is 22.7 Å². The molecule has 0 radical (unpaired) electrons. The van der Waals surface area contributed by atoms with Crippen LogP contribution in [-0.4, -0.2) is 58.8 Å². The molecule has 1 amide bonds. The number of hydrogen-bond donors (Lipinski definition) is 0. The molecule has 0 unspecified atom stereocenters. The van der Waals surface area contributed by atoms with Crippen molar-refractivity contribution in [2.75, 3.05) is 33.3 Å². The zero-order valence-electron chi connectivity index (χ0n) is 15.2. The second kappa shape index (κ2) is 7.59. The second-order valence-corrected chi connectivity index (χ2v) is 6.46. The van der Waals surface area contributed by atoms with Gasteiger partial charge in [0.05, 0.1) is 7.11 Å². The molecule has 0 saturated carbocycles. The maximum Gasteiger partial charge on any atom is 0.433 e. The average Bonchev–Trinajstić information content (AvgIpc) is 3.04. The molecule has 0 bridgehead atoms. The lowest BCUT2D eigenvalue weighted by atomic mass is 10.2. The Hall–Kier alpha value is -2.55. The number of alkyl halides is 3. The average molecular weight is 382 g/mol. The number of benzene rings is 1. The van der Waals surface area contributed by atoms with Crippen LogP contribution in [0.2, 0.25) is 0 Å². The number of piperazine rings is 1. The first-order valence-electron chi connectivity index (χ1n) is 8.53. The second-order valence-electron chi connectivity index (χ2n) is 6.46. The van der Waals surface area contributed by atoms with E-state index in [-0.39, 0.29) is 5.69 Å². The summed E-state index contributed by atoms with van der Waals surface area (Å²) in [5, 5.41) is 3.74. The predicted molar refractivity (Wildman–Crippen MR) is 92.4 cm³/mol. The van der Waals surface area contributed by atoms with E-state index in [1.54, 1.807) is 12.0 Å². The largest absolute Gasteiger partial charge is 0.497 e. The van der Waals surface area contributed by atoms with Gasteiger partial charge in [-0.1, -0.05) is 12.1 Å². The highest BCUT2D eigenvalue weighted by Crippen LogP contribution is 2.29. The molecule has 9 heteroatoms. The molecule has 3 rings (SSSR count). The third kappa shape index (κ3) is 4.41. The maximum atomic E-state index is 12.9. The van der Waals surface area contributed by atoms with Gasteiger partial charge in [-0.25, -0.2) is 0 Å². The van der Waals surface area contributed by atoms with Crippen molar-refractivity contribution in [1.82, 2.24) is 19.6 Å². The van der Waals surface area contributed by atoms with Crippen molar-refractivity contribution >= 4 is 5.91 Å². The van der Waals surface area contributed by atoms with Gasteiger partial charge >= 0.3 is 6.18 Å². The summed E-state index contributed by atoms with van der Waals surface area (Å²) in [6, 6.07) is 8.58. The van der Waals surface area contributed by atoms with E-state index in [2.05, 4.69) is 10.00 Å². The zero-order valence-corrected chi connectivity index (χ0v) is 15.2. The topological polar surface area (TPSA) is 50.6 Å². The van der Waals surface area contributed by atoms with Crippen LogP contribution in [0.3, 0.4) is 0 Å². The molecule has 1 aromatic heterocycles. The summed E-state index contributed by atoms with van der Waals surface area (Å²) in [6.45, 7) is 2.90. The number of carbonyl (C=O) groups excluding carboxylic acids is 1. The minimum absolute atomic E-state index is 0.175. The van der Waals surface area contributed by atoms with Crippen molar-refractivity contribution in [3.05, 3.63) is 47.3 Å². The molecule has 2 heterocycles. The molecule has 1 aromatic carbocycles. The molecule has 1 saturated heterocycles. The van der Waals surface area contributed by atoms with Crippen molar-refractivity contribution in [1.29, 1.82) is 0 Å². The maximum absolute atomic E-state index is 12.9. The fourth-order valence-corrected chi connectivity index (χ4v) is 3.14. The summed E-state index contributed by atoms with van der Waals surface area (Å²) in [4.78, 5) is 16.2. The van der Waals surface area contributed by atoms with Crippen molar-refractivity contribution in [2.45, 2.75) is 12.7 Å². The first kappa shape index (κ1) is 19.2. The number of aromatic nitrogens is 2. The van der Waals surface area contributed by atoms with E-state index in [0.717, 1.165) is 23.9 Å². The number of aryl methyl sites for hydroxylation is 1. The summed E-state index contributed by atoms with van der Waals surface area (Å²) >= 11 is 0. The van der Waals surface area contributed by atoms with Crippen LogP contribution in [0.5, 0.6) is 5.75 Å². The third-order valence-electron chi connectivity index (χ3n) is 4.59. The van der Waals surface area contributed by atoms with Crippen LogP contribution in [0.4, 0.5) is 13.2 Å². The lowest BCUT2D eigenvalue weighted by Crippen LogP contribution is -2.48. The van der Waals surface area contributed by atoms with Crippen molar-refractivity contribution in [3.63, 3.8) is 0 Å². The van der Waals surface area contributed by atoms with Gasteiger partial charge in [0.25, 0.3) is 5.91 Å². The number of nitrogens with zero attached hydrogens (tertiary/aromatic N) is 4. The van der Waals surface area contributed by atoms with E-state index in [0.29, 0.717) is 30.9 Å². The number of ether oxygens (including phenoxy) is 1. The smallest absolute Gasteiger partial charge is 0.433 e. The first-order chi connectivity index (χ1) is 12.8. The standard InChI is InChI=1S/C18H21F3N4O2/c1-23-16(18(19,20)21)11-15(22-23)17(26)25-8-6-24(7-9-25)12-13-4-3-5-14(10-13)27-2/h3-5,10-11H,6-9,12H2,1-2H3. The van der Waals surface area contributed by atoms with Crippen LogP contribution in [0.1, 0.15) is 21.7 Å².